The predicted octanol–water partition coefficient (Wildman–Crippen LogP) is 2.35. The summed E-state index contributed by atoms with van der Waals surface area (Å²) in [5, 5.41) is -0.241. The van der Waals surface area contributed by atoms with Crippen molar-refractivity contribution < 1.29 is 9.59 Å². The normalized spacial score (nSPS) is 12.1. The number of ketones is 1. The third kappa shape index (κ3) is 3.00. The van der Waals surface area contributed by atoms with Crippen LogP contribution in [0.25, 0.3) is 0 Å². The molecule has 0 amide bonds. The van der Waals surface area contributed by atoms with Crippen LogP contribution in [0.15, 0.2) is 30.3 Å². The molecular formula is C11H12O2S. The molecule has 0 bridgehead atoms. The molecule has 74 valence electrons. The van der Waals surface area contributed by atoms with Crippen molar-refractivity contribution in [2.45, 2.75) is 13.3 Å². The van der Waals surface area contributed by atoms with Gasteiger partial charge in [0.05, 0.1) is 0 Å². The summed E-state index contributed by atoms with van der Waals surface area (Å²) in [7, 11) is 0. The SMILES string of the molecule is CC(CC(=O)c1ccccc1)C(=O)S. The lowest BCUT2D eigenvalue weighted by atomic mass is 10.0. The standard InChI is InChI=1S/C11H12O2S/c1-8(11(13)14)7-10(12)9-5-3-2-4-6-9/h2-6,8H,7H2,1H3,(H,13,14). The van der Waals surface area contributed by atoms with Gasteiger partial charge in [0.1, 0.15) is 0 Å². The molecule has 0 saturated carbocycles. The zero-order chi connectivity index (χ0) is 10.6. The summed E-state index contributed by atoms with van der Waals surface area (Å²) in [4.78, 5) is 22.4. The Morgan fingerprint density at radius 2 is 1.86 bits per heavy atom. The highest BCUT2D eigenvalue weighted by Crippen LogP contribution is 2.11. The van der Waals surface area contributed by atoms with E-state index in [2.05, 4.69) is 12.6 Å². The molecule has 2 nitrogen and oxygen atoms in total. The fourth-order valence-corrected chi connectivity index (χ4v) is 1.20. The predicted molar refractivity (Wildman–Crippen MR) is 58.5 cm³/mol. The molecule has 0 fully saturated rings. The molecule has 0 aliphatic heterocycles. The molecule has 0 saturated heterocycles. The van der Waals surface area contributed by atoms with Crippen molar-refractivity contribution in [2.24, 2.45) is 5.92 Å². The van der Waals surface area contributed by atoms with E-state index in [0.29, 0.717) is 5.56 Å². The Morgan fingerprint density at radius 3 is 2.36 bits per heavy atom. The summed E-state index contributed by atoms with van der Waals surface area (Å²) >= 11 is 3.69. The van der Waals surface area contributed by atoms with Crippen LogP contribution < -0.4 is 0 Å². The second kappa shape index (κ2) is 4.96. The molecule has 0 aliphatic carbocycles. The van der Waals surface area contributed by atoms with Gasteiger partial charge in [-0.3, -0.25) is 9.59 Å². The first kappa shape index (κ1) is 11.0. The number of carbonyl (C=O) groups excluding carboxylic acids is 2. The summed E-state index contributed by atoms with van der Waals surface area (Å²) in [6.07, 6.45) is 0.229. The number of hydrogen-bond acceptors (Lipinski definition) is 2. The van der Waals surface area contributed by atoms with E-state index >= 15 is 0 Å². The van der Waals surface area contributed by atoms with Gasteiger partial charge < -0.3 is 0 Å². The van der Waals surface area contributed by atoms with Crippen LogP contribution in [0, 0.1) is 5.92 Å². The Bertz CT molecular complexity index is 332. The molecule has 0 heterocycles. The Balaban J connectivity index is 2.64. The highest BCUT2D eigenvalue weighted by molar-refractivity contribution is 7.96. The van der Waals surface area contributed by atoms with Crippen molar-refractivity contribution in [3.05, 3.63) is 35.9 Å². The molecule has 1 unspecified atom stereocenters. The molecule has 14 heavy (non-hydrogen) atoms. The summed E-state index contributed by atoms with van der Waals surface area (Å²) in [6, 6.07) is 8.96. The Morgan fingerprint density at radius 1 is 1.29 bits per heavy atom. The van der Waals surface area contributed by atoms with Crippen molar-refractivity contribution >= 4 is 23.5 Å². The molecule has 1 atom stereocenters. The summed E-state index contributed by atoms with van der Waals surface area (Å²) in [5.41, 5.74) is 0.647. The van der Waals surface area contributed by atoms with Crippen molar-refractivity contribution in [3.63, 3.8) is 0 Å². The third-order valence-corrected chi connectivity index (χ3v) is 2.45. The third-order valence-electron chi connectivity index (χ3n) is 2.01. The van der Waals surface area contributed by atoms with E-state index in [-0.39, 0.29) is 23.2 Å². The van der Waals surface area contributed by atoms with Crippen LogP contribution in [0.1, 0.15) is 23.7 Å². The highest BCUT2D eigenvalue weighted by atomic mass is 32.1. The Kier molecular flexibility index (Phi) is 3.89. The Hall–Kier alpha value is -1.09. The second-order valence-corrected chi connectivity index (χ2v) is 3.67. The van der Waals surface area contributed by atoms with E-state index in [0.717, 1.165) is 0 Å². The van der Waals surface area contributed by atoms with E-state index in [9.17, 15) is 9.59 Å². The Labute approximate surface area is 88.7 Å². The zero-order valence-corrected chi connectivity index (χ0v) is 8.83. The molecule has 0 radical (unpaired) electrons. The lowest BCUT2D eigenvalue weighted by Gasteiger charge is -2.05. The monoisotopic (exact) mass is 208 g/mol. The smallest absolute Gasteiger partial charge is 0.189 e. The molecular weight excluding hydrogens is 196 g/mol. The maximum Gasteiger partial charge on any atom is 0.189 e. The molecule has 1 rings (SSSR count). The van der Waals surface area contributed by atoms with E-state index in [1.165, 1.54) is 0 Å². The number of hydrogen-bond donors (Lipinski definition) is 1. The van der Waals surface area contributed by atoms with Gasteiger partial charge in [-0.2, -0.15) is 0 Å². The van der Waals surface area contributed by atoms with E-state index < -0.39 is 0 Å². The molecule has 0 aliphatic rings. The maximum absolute atomic E-state index is 11.6. The van der Waals surface area contributed by atoms with Gasteiger partial charge in [-0.1, -0.05) is 37.3 Å². The van der Waals surface area contributed by atoms with Gasteiger partial charge >= 0.3 is 0 Å². The molecule has 0 N–H and O–H groups in total. The lowest BCUT2D eigenvalue weighted by molar-refractivity contribution is -0.113. The molecule has 0 spiro atoms. The molecule has 3 heteroatoms. The van der Waals surface area contributed by atoms with Crippen LogP contribution in [-0.4, -0.2) is 10.9 Å². The van der Waals surface area contributed by atoms with Gasteiger partial charge in [0.2, 0.25) is 0 Å². The first-order valence-corrected chi connectivity index (χ1v) is 4.87. The van der Waals surface area contributed by atoms with Crippen LogP contribution >= 0.6 is 12.6 Å². The van der Waals surface area contributed by atoms with Crippen molar-refractivity contribution in [1.29, 1.82) is 0 Å². The fraction of sp³-hybridized carbons (Fsp3) is 0.273. The summed E-state index contributed by atoms with van der Waals surface area (Å²) in [6.45, 7) is 1.70. The van der Waals surface area contributed by atoms with Crippen LogP contribution in [0.4, 0.5) is 0 Å². The van der Waals surface area contributed by atoms with Crippen molar-refractivity contribution in [2.75, 3.05) is 0 Å². The molecule has 1 aromatic rings. The number of rotatable bonds is 4. The number of carbonyl (C=O) groups is 2. The first-order valence-electron chi connectivity index (χ1n) is 4.42. The highest BCUT2D eigenvalue weighted by Gasteiger charge is 2.14. The van der Waals surface area contributed by atoms with Crippen molar-refractivity contribution in [1.82, 2.24) is 0 Å². The minimum absolute atomic E-state index is 0.0134. The minimum Gasteiger partial charge on any atom is -0.294 e. The van der Waals surface area contributed by atoms with Crippen LogP contribution in [-0.2, 0) is 4.79 Å². The van der Waals surface area contributed by atoms with E-state index in [4.69, 9.17) is 0 Å². The van der Waals surface area contributed by atoms with Crippen LogP contribution in [0.3, 0.4) is 0 Å². The topological polar surface area (TPSA) is 34.1 Å². The van der Waals surface area contributed by atoms with Gasteiger partial charge in [0, 0.05) is 17.9 Å². The maximum atomic E-state index is 11.6. The zero-order valence-electron chi connectivity index (χ0n) is 7.93. The molecule has 0 aromatic heterocycles. The second-order valence-electron chi connectivity index (χ2n) is 3.23. The van der Waals surface area contributed by atoms with Gasteiger partial charge in [-0.25, -0.2) is 0 Å². The summed E-state index contributed by atoms with van der Waals surface area (Å²) < 4.78 is 0. The van der Waals surface area contributed by atoms with Crippen LogP contribution in [0.2, 0.25) is 0 Å². The minimum atomic E-state index is -0.314. The van der Waals surface area contributed by atoms with Gasteiger partial charge in [-0.05, 0) is 0 Å². The summed E-state index contributed by atoms with van der Waals surface area (Å²) in [5.74, 6) is -0.327. The average Bonchev–Trinajstić information content (AvgIpc) is 2.19. The average molecular weight is 208 g/mol. The van der Waals surface area contributed by atoms with Gasteiger partial charge in [0.15, 0.2) is 10.9 Å². The quantitative estimate of drug-likeness (QED) is 0.608. The number of Topliss-reactive ketones (excluding diaryl/α,β-unsaturated/α-hetero) is 1. The van der Waals surface area contributed by atoms with Gasteiger partial charge in [-0.15, -0.1) is 12.6 Å². The molecule has 1 aromatic carbocycles. The van der Waals surface area contributed by atoms with Gasteiger partial charge in [0.25, 0.3) is 0 Å². The van der Waals surface area contributed by atoms with E-state index in [1.54, 1.807) is 31.2 Å². The van der Waals surface area contributed by atoms with Crippen LogP contribution in [0.5, 0.6) is 0 Å². The first-order chi connectivity index (χ1) is 6.61. The lowest BCUT2D eigenvalue weighted by Crippen LogP contribution is -2.11. The number of benzene rings is 1. The largest absolute Gasteiger partial charge is 0.294 e. The van der Waals surface area contributed by atoms with Crippen molar-refractivity contribution in [3.8, 4) is 0 Å². The number of thiol groups is 1. The fourth-order valence-electron chi connectivity index (χ4n) is 1.11. The van der Waals surface area contributed by atoms with E-state index in [1.807, 2.05) is 6.07 Å².